The molecule has 0 fully saturated rings. The van der Waals surface area contributed by atoms with Crippen molar-refractivity contribution < 1.29 is 19.5 Å². The average Bonchev–Trinajstić information content (AvgIpc) is 2.89. The summed E-state index contributed by atoms with van der Waals surface area (Å²) in [5, 5.41) is 12.4. The first kappa shape index (κ1) is 16.8. The molecule has 0 saturated heterocycles. The number of thiazole rings is 1. The summed E-state index contributed by atoms with van der Waals surface area (Å²) in [4.78, 5) is 38.8. The number of carbonyl (C=O) groups excluding carboxylic acids is 2. The fourth-order valence-corrected chi connectivity index (χ4v) is 2.91. The minimum Gasteiger partial charge on any atom is -0.477 e. The molecule has 1 atom stereocenters. The zero-order valence-electron chi connectivity index (χ0n) is 12.9. The maximum atomic E-state index is 12.2. The highest BCUT2D eigenvalue weighted by Crippen LogP contribution is 2.23. The van der Waals surface area contributed by atoms with Gasteiger partial charge in [-0.2, -0.15) is 0 Å². The van der Waals surface area contributed by atoms with Gasteiger partial charge in [-0.1, -0.05) is 12.1 Å². The number of benzene rings is 1. The van der Waals surface area contributed by atoms with Gasteiger partial charge >= 0.3 is 5.97 Å². The second-order valence-corrected chi connectivity index (χ2v) is 6.13. The van der Waals surface area contributed by atoms with Crippen LogP contribution in [0.4, 0.5) is 0 Å². The fourth-order valence-electron chi connectivity index (χ4n) is 2.00. The van der Waals surface area contributed by atoms with Crippen molar-refractivity contribution in [2.24, 2.45) is 0 Å². The SMILES string of the molecule is CC(=O)c1ccc(C(=O)NC(C)c2nc(C)c(C(=O)O)s2)cc1. The van der Waals surface area contributed by atoms with Crippen LogP contribution in [0.15, 0.2) is 24.3 Å². The van der Waals surface area contributed by atoms with Crippen LogP contribution in [0.1, 0.15) is 61.0 Å². The molecule has 0 spiro atoms. The normalized spacial score (nSPS) is 11.8. The molecule has 2 N–H and O–H groups in total. The Kier molecular flexibility index (Phi) is 4.90. The van der Waals surface area contributed by atoms with E-state index in [4.69, 9.17) is 5.11 Å². The highest BCUT2D eigenvalue weighted by molar-refractivity contribution is 7.13. The number of rotatable bonds is 5. The first-order chi connectivity index (χ1) is 10.8. The van der Waals surface area contributed by atoms with Gasteiger partial charge in [0.2, 0.25) is 0 Å². The summed E-state index contributed by atoms with van der Waals surface area (Å²) in [7, 11) is 0. The molecule has 0 aliphatic heterocycles. The molecular weight excluding hydrogens is 316 g/mol. The number of hydrogen-bond donors (Lipinski definition) is 2. The molecule has 1 aromatic carbocycles. The number of amides is 1. The van der Waals surface area contributed by atoms with Crippen LogP contribution in [-0.2, 0) is 0 Å². The lowest BCUT2D eigenvalue weighted by Crippen LogP contribution is -2.26. The lowest BCUT2D eigenvalue weighted by atomic mass is 10.1. The first-order valence-corrected chi connectivity index (χ1v) is 7.73. The van der Waals surface area contributed by atoms with Crippen LogP contribution in [0.2, 0.25) is 0 Å². The molecule has 0 bridgehead atoms. The molecule has 23 heavy (non-hydrogen) atoms. The standard InChI is InChI=1S/C16H16N2O4S/c1-8-13(16(21)22)23-15(18-8)9(2)17-14(20)12-6-4-11(5-7-12)10(3)19/h4-7,9H,1-3H3,(H,17,20)(H,21,22). The second-order valence-electron chi connectivity index (χ2n) is 5.10. The van der Waals surface area contributed by atoms with Gasteiger partial charge in [0.15, 0.2) is 5.78 Å². The first-order valence-electron chi connectivity index (χ1n) is 6.92. The zero-order chi connectivity index (χ0) is 17.1. The van der Waals surface area contributed by atoms with Crippen molar-refractivity contribution in [1.29, 1.82) is 0 Å². The predicted octanol–water partition coefficient (Wildman–Crippen LogP) is 2.84. The molecule has 2 aromatic rings. The van der Waals surface area contributed by atoms with E-state index in [9.17, 15) is 14.4 Å². The van der Waals surface area contributed by atoms with Crippen LogP contribution in [0.5, 0.6) is 0 Å². The molecule has 0 aliphatic carbocycles. The molecule has 0 saturated carbocycles. The monoisotopic (exact) mass is 332 g/mol. The number of Topliss-reactive ketones (excluding diaryl/α,β-unsaturated/α-hetero) is 1. The van der Waals surface area contributed by atoms with Gasteiger partial charge in [-0.15, -0.1) is 11.3 Å². The molecular formula is C16H16N2O4S. The van der Waals surface area contributed by atoms with E-state index in [1.807, 2.05) is 0 Å². The third kappa shape index (κ3) is 3.81. The lowest BCUT2D eigenvalue weighted by molar-refractivity contribution is 0.0700. The van der Waals surface area contributed by atoms with Crippen molar-refractivity contribution in [3.63, 3.8) is 0 Å². The van der Waals surface area contributed by atoms with E-state index in [2.05, 4.69) is 10.3 Å². The molecule has 120 valence electrons. The number of hydrogen-bond acceptors (Lipinski definition) is 5. The molecule has 1 unspecified atom stereocenters. The molecule has 1 heterocycles. The third-order valence-corrected chi connectivity index (χ3v) is 4.61. The molecule has 0 radical (unpaired) electrons. The smallest absolute Gasteiger partial charge is 0.347 e. The highest BCUT2D eigenvalue weighted by Gasteiger charge is 2.19. The van der Waals surface area contributed by atoms with Gasteiger partial charge in [0, 0.05) is 11.1 Å². The van der Waals surface area contributed by atoms with E-state index in [1.54, 1.807) is 38.1 Å². The highest BCUT2D eigenvalue weighted by atomic mass is 32.1. The van der Waals surface area contributed by atoms with Crippen LogP contribution in [-0.4, -0.2) is 27.8 Å². The van der Waals surface area contributed by atoms with Crippen LogP contribution >= 0.6 is 11.3 Å². The van der Waals surface area contributed by atoms with Crippen molar-refractivity contribution in [1.82, 2.24) is 10.3 Å². The van der Waals surface area contributed by atoms with E-state index in [0.717, 1.165) is 11.3 Å². The molecule has 7 heteroatoms. The summed E-state index contributed by atoms with van der Waals surface area (Å²) in [6, 6.07) is 5.94. The molecule has 1 amide bonds. The molecule has 0 aliphatic rings. The lowest BCUT2D eigenvalue weighted by Gasteiger charge is -2.11. The van der Waals surface area contributed by atoms with Crippen LogP contribution in [0.3, 0.4) is 0 Å². The molecule has 6 nitrogen and oxygen atoms in total. The summed E-state index contributed by atoms with van der Waals surface area (Å²) < 4.78 is 0. The maximum absolute atomic E-state index is 12.2. The van der Waals surface area contributed by atoms with Gasteiger partial charge in [0.25, 0.3) is 5.91 Å². The molecule has 1 aromatic heterocycles. The topological polar surface area (TPSA) is 96.4 Å². The summed E-state index contributed by atoms with van der Waals surface area (Å²) >= 11 is 1.05. The minimum atomic E-state index is -1.02. The second kappa shape index (κ2) is 6.70. The Balaban J connectivity index is 2.11. The predicted molar refractivity (Wildman–Crippen MR) is 86.1 cm³/mol. The Labute approximate surface area is 137 Å². The summed E-state index contributed by atoms with van der Waals surface area (Å²) in [5.41, 5.74) is 1.40. The van der Waals surface area contributed by atoms with Gasteiger partial charge in [-0.25, -0.2) is 9.78 Å². The van der Waals surface area contributed by atoms with E-state index in [-0.39, 0.29) is 16.6 Å². The van der Waals surface area contributed by atoms with E-state index < -0.39 is 12.0 Å². The Morgan fingerprint density at radius 1 is 1.17 bits per heavy atom. The Bertz CT molecular complexity index is 765. The van der Waals surface area contributed by atoms with E-state index >= 15 is 0 Å². The van der Waals surface area contributed by atoms with Gasteiger partial charge in [-0.05, 0) is 32.9 Å². The summed E-state index contributed by atoms with van der Waals surface area (Å²) in [5.74, 6) is -1.40. The Morgan fingerprint density at radius 3 is 2.22 bits per heavy atom. The van der Waals surface area contributed by atoms with Crippen molar-refractivity contribution in [3.8, 4) is 0 Å². The number of aromatic nitrogens is 1. The Hall–Kier alpha value is -2.54. The number of nitrogens with zero attached hydrogens (tertiary/aromatic N) is 1. The minimum absolute atomic E-state index is 0.0650. The number of carboxylic acid groups (broad SMARTS) is 1. The zero-order valence-corrected chi connectivity index (χ0v) is 13.7. The van der Waals surface area contributed by atoms with Crippen molar-refractivity contribution in [3.05, 3.63) is 51.0 Å². The average molecular weight is 332 g/mol. The quantitative estimate of drug-likeness (QED) is 0.821. The van der Waals surface area contributed by atoms with Gasteiger partial charge in [0.05, 0.1) is 11.7 Å². The van der Waals surface area contributed by atoms with Crippen LogP contribution in [0.25, 0.3) is 0 Å². The van der Waals surface area contributed by atoms with Crippen molar-refractivity contribution >= 4 is 29.0 Å². The third-order valence-electron chi connectivity index (χ3n) is 3.28. The van der Waals surface area contributed by atoms with Crippen LogP contribution in [0, 0.1) is 6.92 Å². The van der Waals surface area contributed by atoms with Crippen LogP contribution < -0.4 is 5.32 Å². The van der Waals surface area contributed by atoms with Gasteiger partial charge in [-0.3, -0.25) is 9.59 Å². The Morgan fingerprint density at radius 2 is 1.74 bits per heavy atom. The summed E-state index contributed by atoms with van der Waals surface area (Å²) in [6.45, 7) is 4.83. The van der Waals surface area contributed by atoms with Gasteiger partial charge in [0.1, 0.15) is 9.88 Å². The maximum Gasteiger partial charge on any atom is 0.347 e. The number of carbonyl (C=O) groups is 3. The van der Waals surface area contributed by atoms with Crippen molar-refractivity contribution in [2.45, 2.75) is 26.8 Å². The van der Waals surface area contributed by atoms with E-state index in [1.165, 1.54) is 6.92 Å². The molecule has 2 rings (SSSR count). The van der Waals surface area contributed by atoms with Crippen molar-refractivity contribution in [2.75, 3.05) is 0 Å². The fraction of sp³-hybridized carbons (Fsp3) is 0.250. The number of nitrogens with one attached hydrogen (secondary N) is 1. The number of ketones is 1. The van der Waals surface area contributed by atoms with Gasteiger partial charge < -0.3 is 10.4 Å². The van der Waals surface area contributed by atoms with E-state index in [0.29, 0.717) is 21.8 Å². The number of carboxylic acids is 1. The number of aryl methyl sites for hydroxylation is 1. The largest absolute Gasteiger partial charge is 0.477 e. The number of aromatic carboxylic acids is 1. The summed E-state index contributed by atoms with van der Waals surface area (Å²) in [6.07, 6.45) is 0.